The van der Waals surface area contributed by atoms with Gasteiger partial charge in [0.1, 0.15) is 0 Å². The van der Waals surface area contributed by atoms with Crippen LogP contribution in [-0.2, 0) is 0 Å². The summed E-state index contributed by atoms with van der Waals surface area (Å²) in [5, 5.41) is 5.39. The molecule has 0 saturated heterocycles. The second kappa shape index (κ2) is 4.00. The van der Waals surface area contributed by atoms with E-state index in [0.717, 1.165) is 16.9 Å². The molecule has 0 aliphatic carbocycles. The number of aryl methyl sites for hydroxylation is 1. The van der Waals surface area contributed by atoms with Crippen molar-refractivity contribution in [1.29, 1.82) is 0 Å². The summed E-state index contributed by atoms with van der Waals surface area (Å²) in [6, 6.07) is 5.93. The fourth-order valence-corrected chi connectivity index (χ4v) is 1.13. The molecule has 12 heavy (non-hydrogen) atoms. The van der Waals surface area contributed by atoms with Crippen molar-refractivity contribution in [3.63, 3.8) is 0 Å². The summed E-state index contributed by atoms with van der Waals surface area (Å²) in [5.41, 5.74) is 3.04. The zero-order chi connectivity index (χ0) is 8.97. The maximum Gasteiger partial charge on any atom is 0.0762 e. The molecule has 0 aliphatic heterocycles. The van der Waals surface area contributed by atoms with Crippen molar-refractivity contribution in [2.45, 2.75) is 6.92 Å². The molecule has 3 heteroatoms. The molecule has 0 spiro atoms. The van der Waals surface area contributed by atoms with Crippen LogP contribution in [-0.4, -0.2) is 12.2 Å². The van der Waals surface area contributed by atoms with Gasteiger partial charge in [-0.1, -0.05) is 0 Å². The van der Waals surface area contributed by atoms with Crippen molar-refractivity contribution in [2.75, 3.05) is 12.4 Å². The average Bonchev–Trinajstić information content (AvgIpc) is 2.04. The lowest BCUT2D eigenvalue weighted by Crippen LogP contribution is -1.87. The van der Waals surface area contributed by atoms with Crippen LogP contribution in [0.2, 0.25) is 0 Å². The predicted octanol–water partition coefficient (Wildman–Crippen LogP) is 2.77. The first kappa shape index (κ1) is 8.91. The number of hydrogen-bond acceptors (Lipinski definition) is 3. The number of nitrogens with zero attached hydrogens (tertiary/aromatic N) is 1. The molecule has 0 fully saturated rings. The van der Waals surface area contributed by atoms with Crippen molar-refractivity contribution in [2.24, 2.45) is 4.99 Å². The molecule has 1 rings (SSSR count). The summed E-state index contributed by atoms with van der Waals surface area (Å²) in [7, 11) is 1.87. The molecule has 0 bridgehead atoms. The topological polar surface area (TPSA) is 24.4 Å². The second-order valence-electron chi connectivity index (χ2n) is 2.51. The quantitative estimate of drug-likeness (QED) is 0.556. The third-order valence-electron chi connectivity index (χ3n) is 1.53. The summed E-state index contributed by atoms with van der Waals surface area (Å²) in [4.78, 5) is 3.90. The van der Waals surface area contributed by atoms with Gasteiger partial charge in [0.15, 0.2) is 0 Å². The number of benzene rings is 1. The van der Waals surface area contributed by atoms with Crippen molar-refractivity contribution in [3.05, 3.63) is 23.8 Å². The van der Waals surface area contributed by atoms with Crippen LogP contribution < -0.4 is 5.32 Å². The zero-order valence-electron chi connectivity index (χ0n) is 7.09. The lowest BCUT2D eigenvalue weighted by Gasteiger charge is -2.01. The molecular formula is C9H10N2S. The van der Waals surface area contributed by atoms with Crippen LogP contribution in [0.15, 0.2) is 23.2 Å². The van der Waals surface area contributed by atoms with E-state index in [1.807, 2.05) is 32.2 Å². The van der Waals surface area contributed by atoms with Crippen LogP contribution in [0.3, 0.4) is 0 Å². The number of anilines is 1. The van der Waals surface area contributed by atoms with Crippen LogP contribution in [0.5, 0.6) is 0 Å². The van der Waals surface area contributed by atoms with E-state index in [1.54, 1.807) is 0 Å². The Labute approximate surface area is 77.3 Å². The lowest BCUT2D eigenvalue weighted by molar-refractivity contribution is 1.40. The number of rotatable bonds is 2. The van der Waals surface area contributed by atoms with Gasteiger partial charge in [0.05, 0.1) is 10.8 Å². The molecule has 1 aromatic carbocycles. The number of thiocarbonyl (C=S) groups is 1. The minimum atomic E-state index is 0.842. The van der Waals surface area contributed by atoms with E-state index in [1.165, 1.54) is 0 Å². The molecule has 0 amide bonds. The Morgan fingerprint density at radius 1 is 1.42 bits per heavy atom. The predicted molar refractivity (Wildman–Crippen MR) is 55.4 cm³/mol. The van der Waals surface area contributed by atoms with Gasteiger partial charge < -0.3 is 5.32 Å². The van der Waals surface area contributed by atoms with E-state index < -0.39 is 0 Å². The molecule has 0 atom stereocenters. The second-order valence-corrected chi connectivity index (χ2v) is 2.69. The van der Waals surface area contributed by atoms with Gasteiger partial charge in [0, 0.05) is 12.7 Å². The summed E-state index contributed by atoms with van der Waals surface area (Å²) in [6.07, 6.45) is 0. The van der Waals surface area contributed by atoms with Crippen LogP contribution in [0.25, 0.3) is 0 Å². The summed E-state index contributed by atoms with van der Waals surface area (Å²) >= 11 is 4.52. The first-order valence-electron chi connectivity index (χ1n) is 3.63. The smallest absolute Gasteiger partial charge is 0.0762 e. The molecule has 1 N–H and O–H groups in total. The highest BCUT2D eigenvalue weighted by molar-refractivity contribution is 7.78. The van der Waals surface area contributed by atoms with E-state index in [4.69, 9.17) is 0 Å². The molecule has 62 valence electrons. The minimum Gasteiger partial charge on any atom is -0.388 e. The highest BCUT2D eigenvalue weighted by atomic mass is 32.1. The van der Waals surface area contributed by atoms with Crippen LogP contribution in [0, 0.1) is 6.92 Å². The third-order valence-corrected chi connectivity index (χ3v) is 1.62. The lowest BCUT2D eigenvalue weighted by atomic mass is 10.2. The van der Waals surface area contributed by atoms with Crippen molar-refractivity contribution >= 4 is 28.8 Å². The van der Waals surface area contributed by atoms with E-state index >= 15 is 0 Å². The molecular weight excluding hydrogens is 168 g/mol. The number of isothiocyanates is 1. The summed E-state index contributed by atoms with van der Waals surface area (Å²) in [6.45, 7) is 2.02. The molecule has 1 aromatic rings. The Hall–Kier alpha value is -1.18. The fraction of sp³-hybridized carbons (Fsp3) is 0.222. The van der Waals surface area contributed by atoms with Gasteiger partial charge >= 0.3 is 0 Å². The van der Waals surface area contributed by atoms with Gasteiger partial charge in [0.25, 0.3) is 0 Å². The fourth-order valence-electron chi connectivity index (χ4n) is 1.02. The molecule has 0 unspecified atom stereocenters. The van der Waals surface area contributed by atoms with Crippen molar-refractivity contribution in [1.82, 2.24) is 0 Å². The number of aliphatic imine (C=N–C) groups is 1. The van der Waals surface area contributed by atoms with Gasteiger partial charge in [-0.3, -0.25) is 0 Å². The van der Waals surface area contributed by atoms with Gasteiger partial charge in [0.2, 0.25) is 0 Å². The van der Waals surface area contributed by atoms with Crippen LogP contribution in [0.4, 0.5) is 11.4 Å². The summed E-state index contributed by atoms with van der Waals surface area (Å²) in [5.74, 6) is 0. The van der Waals surface area contributed by atoms with Crippen LogP contribution in [0.1, 0.15) is 5.56 Å². The average molecular weight is 178 g/mol. The van der Waals surface area contributed by atoms with Gasteiger partial charge in [-0.25, -0.2) is 0 Å². The molecule has 0 radical (unpaired) electrons. The number of nitrogens with one attached hydrogen (secondary N) is 1. The third kappa shape index (κ3) is 2.16. The SMILES string of the molecule is CNc1cc(C)cc(N=C=S)c1. The zero-order valence-corrected chi connectivity index (χ0v) is 7.90. The number of hydrogen-bond donors (Lipinski definition) is 1. The maximum absolute atomic E-state index is 4.52. The Kier molecular flexibility index (Phi) is 2.97. The summed E-state index contributed by atoms with van der Waals surface area (Å²) < 4.78 is 0. The monoisotopic (exact) mass is 178 g/mol. The Balaban J connectivity index is 3.14. The Morgan fingerprint density at radius 2 is 2.17 bits per heavy atom. The van der Waals surface area contributed by atoms with Gasteiger partial charge in [-0.15, -0.1) is 0 Å². The first-order chi connectivity index (χ1) is 5.76. The Bertz CT molecular complexity index is 327. The van der Waals surface area contributed by atoms with E-state index in [-0.39, 0.29) is 0 Å². The van der Waals surface area contributed by atoms with Crippen molar-refractivity contribution < 1.29 is 0 Å². The minimum absolute atomic E-state index is 0.842. The van der Waals surface area contributed by atoms with E-state index in [0.29, 0.717) is 0 Å². The van der Waals surface area contributed by atoms with Gasteiger partial charge in [-0.2, -0.15) is 4.99 Å². The molecule has 2 nitrogen and oxygen atoms in total. The van der Waals surface area contributed by atoms with Crippen molar-refractivity contribution in [3.8, 4) is 0 Å². The normalized spacial score (nSPS) is 8.83. The Morgan fingerprint density at radius 3 is 2.75 bits per heavy atom. The maximum atomic E-state index is 4.52. The highest BCUT2D eigenvalue weighted by Gasteiger charge is 1.94. The first-order valence-corrected chi connectivity index (χ1v) is 4.04. The molecule has 0 saturated carbocycles. The molecule has 0 aromatic heterocycles. The largest absolute Gasteiger partial charge is 0.388 e. The van der Waals surface area contributed by atoms with Crippen LogP contribution >= 0.6 is 12.2 Å². The molecule has 0 aliphatic rings. The van der Waals surface area contributed by atoms with Gasteiger partial charge in [-0.05, 0) is 42.9 Å². The standard InChI is InChI=1S/C9H10N2S/c1-7-3-8(10-2)5-9(4-7)11-6-12/h3-5,10H,1-2H3. The highest BCUT2D eigenvalue weighted by Crippen LogP contribution is 2.19. The van der Waals surface area contributed by atoms with E-state index in [2.05, 4.69) is 27.7 Å². The van der Waals surface area contributed by atoms with E-state index in [9.17, 15) is 0 Å². The molecule has 0 heterocycles.